The largest absolute Gasteiger partial charge is 0.358 e. The summed E-state index contributed by atoms with van der Waals surface area (Å²) >= 11 is 1.65. The van der Waals surface area contributed by atoms with E-state index in [-0.39, 0.29) is 5.91 Å². The van der Waals surface area contributed by atoms with Gasteiger partial charge in [0.25, 0.3) is 5.91 Å². The molecule has 0 unspecified atom stereocenters. The third kappa shape index (κ3) is 3.42. The second-order valence-corrected chi connectivity index (χ2v) is 7.67. The highest BCUT2D eigenvalue weighted by Crippen LogP contribution is 2.25. The molecule has 25 heavy (non-hydrogen) atoms. The lowest BCUT2D eigenvalue weighted by Gasteiger charge is -2.31. The standard InChI is InChI=1S/C20H23N3OS/c1-15-6-9-22(10-7-15)19-5-4-18-3-2-17(13-23(18)19)20(24)21-12-16-8-11-25-14-16/h2-5,8,11,13-15H,6-7,9-10,12H2,1H3,(H,21,24). The van der Waals surface area contributed by atoms with Crippen molar-refractivity contribution in [3.8, 4) is 0 Å². The van der Waals surface area contributed by atoms with Gasteiger partial charge in [0.1, 0.15) is 5.82 Å². The quantitative estimate of drug-likeness (QED) is 0.764. The molecule has 1 fully saturated rings. The molecule has 0 bridgehead atoms. The van der Waals surface area contributed by atoms with Crippen molar-refractivity contribution in [1.82, 2.24) is 9.72 Å². The van der Waals surface area contributed by atoms with Gasteiger partial charge in [0, 0.05) is 31.3 Å². The lowest BCUT2D eigenvalue weighted by atomic mass is 9.99. The van der Waals surface area contributed by atoms with Gasteiger partial charge in [0.15, 0.2) is 0 Å². The first kappa shape index (κ1) is 16.2. The molecule has 0 spiro atoms. The van der Waals surface area contributed by atoms with Crippen LogP contribution in [0.4, 0.5) is 5.82 Å². The number of fused-ring (bicyclic) bond motifs is 1. The fraction of sp³-hybridized carbons (Fsp3) is 0.350. The molecule has 3 aromatic heterocycles. The first-order chi connectivity index (χ1) is 12.2. The van der Waals surface area contributed by atoms with Gasteiger partial charge >= 0.3 is 0 Å². The molecule has 0 atom stereocenters. The lowest BCUT2D eigenvalue weighted by molar-refractivity contribution is 0.0950. The summed E-state index contributed by atoms with van der Waals surface area (Å²) in [5.41, 5.74) is 2.97. The number of aromatic nitrogens is 1. The van der Waals surface area contributed by atoms with Crippen LogP contribution >= 0.6 is 11.3 Å². The van der Waals surface area contributed by atoms with E-state index in [1.54, 1.807) is 11.3 Å². The van der Waals surface area contributed by atoms with Gasteiger partial charge in [-0.25, -0.2) is 0 Å². The summed E-state index contributed by atoms with van der Waals surface area (Å²) in [6.07, 6.45) is 4.42. The Morgan fingerprint density at radius 2 is 2.00 bits per heavy atom. The summed E-state index contributed by atoms with van der Waals surface area (Å²) in [5, 5.41) is 7.09. The predicted octanol–water partition coefficient (Wildman–Crippen LogP) is 4.17. The maximum absolute atomic E-state index is 12.5. The molecule has 0 aromatic carbocycles. The van der Waals surface area contributed by atoms with E-state index in [9.17, 15) is 4.79 Å². The second-order valence-electron chi connectivity index (χ2n) is 6.89. The number of pyridine rings is 1. The number of nitrogens with zero attached hydrogens (tertiary/aromatic N) is 2. The van der Waals surface area contributed by atoms with E-state index in [1.165, 1.54) is 18.7 Å². The molecule has 1 N–H and O–H groups in total. The third-order valence-corrected chi connectivity index (χ3v) is 5.77. The minimum absolute atomic E-state index is 0.0278. The number of hydrogen-bond acceptors (Lipinski definition) is 3. The smallest absolute Gasteiger partial charge is 0.253 e. The van der Waals surface area contributed by atoms with Crippen molar-refractivity contribution in [3.63, 3.8) is 0 Å². The van der Waals surface area contributed by atoms with E-state index < -0.39 is 0 Å². The van der Waals surface area contributed by atoms with Crippen LogP contribution in [0.3, 0.4) is 0 Å². The van der Waals surface area contributed by atoms with Crippen LogP contribution in [-0.4, -0.2) is 23.4 Å². The summed E-state index contributed by atoms with van der Waals surface area (Å²) in [7, 11) is 0. The zero-order chi connectivity index (χ0) is 17.2. The predicted molar refractivity (Wildman–Crippen MR) is 103 cm³/mol. The van der Waals surface area contributed by atoms with Crippen molar-refractivity contribution in [2.75, 3.05) is 18.0 Å². The normalized spacial score (nSPS) is 15.6. The molecule has 0 radical (unpaired) electrons. The van der Waals surface area contributed by atoms with Gasteiger partial charge in [0.2, 0.25) is 0 Å². The summed E-state index contributed by atoms with van der Waals surface area (Å²) in [4.78, 5) is 14.9. The maximum atomic E-state index is 12.5. The van der Waals surface area contributed by atoms with Gasteiger partial charge in [-0.2, -0.15) is 11.3 Å². The van der Waals surface area contributed by atoms with Crippen molar-refractivity contribution in [3.05, 3.63) is 58.4 Å². The molecule has 0 saturated carbocycles. The summed E-state index contributed by atoms with van der Waals surface area (Å²) in [6.45, 7) is 5.07. The van der Waals surface area contributed by atoms with Crippen LogP contribution in [-0.2, 0) is 6.54 Å². The van der Waals surface area contributed by atoms with Gasteiger partial charge in [-0.15, -0.1) is 0 Å². The molecule has 5 heteroatoms. The molecule has 4 rings (SSSR count). The number of carbonyl (C=O) groups is 1. The van der Waals surface area contributed by atoms with E-state index in [0.29, 0.717) is 12.1 Å². The van der Waals surface area contributed by atoms with E-state index in [0.717, 1.165) is 30.1 Å². The van der Waals surface area contributed by atoms with Crippen LogP contribution in [0.25, 0.3) is 5.52 Å². The number of anilines is 1. The Balaban J connectivity index is 1.54. The average Bonchev–Trinajstić information content (AvgIpc) is 3.29. The Labute approximate surface area is 152 Å². The van der Waals surface area contributed by atoms with Crippen molar-refractivity contribution >= 4 is 28.6 Å². The fourth-order valence-corrected chi connectivity index (χ4v) is 4.06. The van der Waals surface area contributed by atoms with Crippen molar-refractivity contribution in [2.24, 2.45) is 5.92 Å². The molecule has 4 heterocycles. The summed E-state index contributed by atoms with van der Waals surface area (Å²) < 4.78 is 2.15. The molecular formula is C20H23N3OS. The van der Waals surface area contributed by atoms with E-state index in [2.05, 4.69) is 39.1 Å². The van der Waals surface area contributed by atoms with Gasteiger partial charge in [0.05, 0.1) is 5.56 Å². The maximum Gasteiger partial charge on any atom is 0.253 e. The average molecular weight is 353 g/mol. The molecule has 1 saturated heterocycles. The van der Waals surface area contributed by atoms with Crippen LogP contribution in [0, 0.1) is 5.92 Å². The summed E-state index contributed by atoms with van der Waals surface area (Å²) in [5.74, 6) is 1.97. The minimum atomic E-state index is -0.0278. The monoisotopic (exact) mass is 353 g/mol. The Hall–Kier alpha value is -2.27. The second kappa shape index (κ2) is 6.92. The Morgan fingerprint density at radius 1 is 1.20 bits per heavy atom. The number of hydrogen-bond donors (Lipinski definition) is 1. The zero-order valence-corrected chi connectivity index (χ0v) is 15.3. The highest BCUT2D eigenvalue weighted by Gasteiger charge is 2.18. The van der Waals surface area contributed by atoms with Crippen LogP contribution in [0.5, 0.6) is 0 Å². The lowest BCUT2D eigenvalue weighted by Crippen LogP contribution is -2.33. The first-order valence-electron chi connectivity index (χ1n) is 8.86. The Morgan fingerprint density at radius 3 is 2.76 bits per heavy atom. The Kier molecular flexibility index (Phi) is 4.49. The number of rotatable bonds is 4. The van der Waals surface area contributed by atoms with Gasteiger partial charge in [-0.05, 0) is 65.4 Å². The topological polar surface area (TPSA) is 36.8 Å². The first-order valence-corrected chi connectivity index (χ1v) is 9.80. The highest BCUT2D eigenvalue weighted by molar-refractivity contribution is 7.07. The van der Waals surface area contributed by atoms with Gasteiger partial charge in [-0.1, -0.05) is 6.92 Å². The molecule has 1 amide bonds. The van der Waals surface area contributed by atoms with Crippen LogP contribution < -0.4 is 10.2 Å². The summed E-state index contributed by atoms with van der Waals surface area (Å²) in [6, 6.07) is 10.3. The number of carbonyl (C=O) groups excluding carboxylic acids is 1. The van der Waals surface area contributed by atoms with Crippen molar-refractivity contribution < 1.29 is 4.79 Å². The molecule has 130 valence electrons. The van der Waals surface area contributed by atoms with Gasteiger partial charge in [-0.3, -0.25) is 4.79 Å². The highest BCUT2D eigenvalue weighted by atomic mass is 32.1. The van der Waals surface area contributed by atoms with Crippen molar-refractivity contribution in [1.29, 1.82) is 0 Å². The molecule has 4 nitrogen and oxygen atoms in total. The fourth-order valence-electron chi connectivity index (χ4n) is 3.39. The molecule has 1 aliphatic rings. The van der Waals surface area contributed by atoms with Crippen LogP contribution in [0.15, 0.2) is 47.3 Å². The van der Waals surface area contributed by atoms with Crippen molar-refractivity contribution in [2.45, 2.75) is 26.3 Å². The molecule has 3 aromatic rings. The Bertz CT molecular complexity index is 860. The van der Waals surface area contributed by atoms with E-state index in [4.69, 9.17) is 0 Å². The number of thiophene rings is 1. The van der Waals surface area contributed by atoms with E-state index in [1.807, 2.05) is 29.8 Å². The number of amides is 1. The van der Waals surface area contributed by atoms with E-state index >= 15 is 0 Å². The molecular weight excluding hydrogens is 330 g/mol. The number of piperidine rings is 1. The van der Waals surface area contributed by atoms with Crippen LogP contribution in [0.1, 0.15) is 35.7 Å². The zero-order valence-electron chi connectivity index (χ0n) is 14.4. The number of nitrogens with one attached hydrogen (secondary N) is 1. The van der Waals surface area contributed by atoms with Gasteiger partial charge < -0.3 is 14.6 Å². The SMILES string of the molecule is CC1CCN(c2ccc3ccc(C(=O)NCc4ccsc4)cn23)CC1. The molecule has 1 aliphatic heterocycles. The molecule has 0 aliphatic carbocycles. The minimum Gasteiger partial charge on any atom is -0.358 e. The van der Waals surface area contributed by atoms with Crippen LogP contribution in [0.2, 0.25) is 0 Å². The third-order valence-electron chi connectivity index (χ3n) is 5.03.